The normalized spacial score (nSPS) is 10.2. The summed E-state index contributed by atoms with van der Waals surface area (Å²) in [5, 5.41) is 8.91. The molecule has 0 fully saturated rings. The maximum Gasteiger partial charge on any atom is 0.354 e. The molecule has 0 unspecified atom stereocenters. The number of carboxylic acid groups (broad SMARTS) is 1. The van der Waals surface area contributed by atoms with Gasteiger partial charge in [-0.25, -0.2) is 14.2 Å². The van der Waals surface area contributed by atoms with E-state index in [9.17, 15) is 13.6 Å². The molecule has 2 aromatic rings. The number of aromatic carboxylic acids is 1. The molecule has 0 aliphatic carbocycles. The van der Waals surface area contributed by atoms with Crippen molar-refractivity contribution < 1.29 is 23.4 Å². The molecule has 0 aliphatic rings. The fourth-order valence-corrected chi connectivity index (χ4v) is 1.50. The first kappa shape index (κ1) is 12.9. The van der Waals surface area contributed by atoms with Gasteiger partial charge < -0.3 is 9.84 Å². The summed E-state index contributed by atoms with van der Waals surface area (Å²) < 4.78 is 31.4. The molecule has 2 rings (SSSR count). The minimum absolute atomic E-state index is 0.181. The molecule has 1 aromatic carbocycles. The maximum absolute atomic E-state index is 13.3. The number of hydrogen-bond donors (Lipinski definition) is 1. The highest BCUT2D eigenvalue weighted by atomic mass is 19.2. The molecule has 98 valence electrons. The van der Waals surface area contributed by atoms with Crippen molar-refractivity contribution in [3.63, 3.8) is 0 Å². The highest BCUT2D eigenvalue weighted by Gasteiger charge is 2.13. The van der Waals surface area contributed by atoms with Gasteiger partial charge in [-0.1, -0.05) is 12.1 Å². The van der Waals surface area contributed by atoms with Gasteiger partial charge in [0.05, 0.1) is 0 Å². The van der Waals surface area contributed by atoms with E-state index < -0.39 is 17.6 Å². The molecule has 0 radical (unpaired) electrons. The lowest BCUT2D eigenvalue weighted by atomic mass is 10.2. The van der Waals surface area contributed by atoms with E-state index in [1.54, 1.807) is 0 Å². The van der Waals surface area contributed by atoms with Gasteiger partial charge in [-0.3, -0.25) is 0 Å². The number of pyridine rings is 1. The molecule has 6 heteroatoms. The lowest BCUT2D eigenvalue weighted by Gasteiger charge is -2.09. The van der Waals surface area contributed by atoms with Crippen LogP contribution < -0.4 is 4.74 Å². The largest absolute Gasteiger partial charge is 0.486 e. The number of carbonyl (C=O) groups is 1. The molecule has 1 aromatic heterocycles. The molecule has 0 amide bonds. The Hall–Kier alpha value is -2.50. The average Bonchev–Trinajstić information content (AvgIpc) is 2.40. The molecule has 0 atom stereocenters. The Morgan fingerprint density at radius 1 is 1.26 bits per heavy atom. The van der Waals surface area contributed by atoms with Gasteiger partial charge in [0.1, 0.15) is 6.61 Å². The summed E-state index contributed by atoms with van der Waals surface area (Å²) in [7, 11) is 0. The van der Waals surface area contributed by atoms with Gasteiger partial charge >= 0.3 is 5.97 Å². The molecule has 4 nitrogen and oxygen atoms in total. The number of ether oxygens (including phenoxy) is 1. The average molecular weight is 265 g/mol. The molecule has 0 bridgehead atoms. The Balaban J connectivity index is 2.19. The molecule has 0 aliphatic heterocycles. The van der Waals surface area contributed by atoms with Crippen molar-refractivity contribution in [2.75, 3.05) is 0 Å². The predicted octanol–water partition coefficient (Wildman–Crippen LogP) is 2.64. The number of carboxylic acids is 1. The van der Waals surface area contributed by atoms with Gasteiger partial charge in [-0.15, -0.1) is 0 Å². The summed E-state index contributed by atoms with van der Waals surface area (Å²) in [6.07, 6.45) is 1.33. The van der Waals surface area contributed by atoms with Crippen LogP contribution in [0.3, 0.4) is 0 Å². The Bertz CT molecular complexity index is 617. The quantitative estimate of drug-likeness (QED) is 0.923. The zero-order valence-corrected chi connectivity index (χ0v) is 9.64. The highest BCUT2D eigenvalue weighted by molar-refractivity contribution is 5.86. The molecular formula is C13H9F2NO3. The first-order valence-electron chi connectivity index (χ1n) is 5.33. The van der Waals surface area contributed by atoms with Crippen LogP contribution in [0, 0.1) is 11.6 Å². The molecule has 1 heterocycles. The van der Waals surface area contributed by atoms with Crippen molar-refractivity contribution in [2.45, 2.75) is 6.61 Å². The molecule has 0 spiro atoms. The van der Waals surface area contributed by atoms with Crippen LogP contribution in [-0.2, 0) is 6.61 Å². The standard InChI is InChI=1S/C13H9F2NO3/c14-9-4-1-5-10(11(9)15)19-7-8-3-2-6-16-12(8)13(17)18/h1-6H,7H2,(H,17,18). The number of nitrogens with zero attached hydrogens (tertiary/aromatic N) is 1. The van der Waals surface area contributed by atoms with Crippen LogP contribution in [0.5, 0.6) is 5.75 Å². The molecule has 1 N–H and O–H groups in total. The Labute approximate surface area is 107 Å². The lowest BCUT2D eigenvalue weighted by Crippen LogP contribution is -2.08. The molecule has 0 saturated carbocycles. The second kappa shape index (κ2) is 5.43. The van der Waals surface area contributed by atoms with Gasteiger partial charge in [0.25, 0.3) is 0 Å². The van der Waals surface area contributed by atoms with Crippen LogP contribution in [0.25, 0.3) is 0 Å². The molecule has 0 saturated heterocycles. The molecule has 19 heavy (non-hydrogen) atoms. The highest BCUT2D eigenvalue weighted by Crippen LogP contribution is 2.20. The van der Waals surface area contributed by atoms with E-state index in [1.807, 2.05) is 0 Å². The molecular weight excluding hydrogens is 256 g/mol. The third-order valence-electron chi connectivity index (χ3n) is 2.39. The van der Waals surface area contributed by atoms with E-state index in [-0.39, 0.29) is 23.6 Å². The summed E-state index contributed by atoms with van der Waals surface area (Å²) in [4.78, 5) is 14.6. The Kier molecular flexibility index (Phi) is 3.70. The first-order chi connectivity index (χ1) is 9.09. The van der Waals surface area contributed by atoms with Crippen molar-refractivity contribution in [2.24, 2.45) is 0 Å². The van der Waals surface area contributed by atoms with Gasteiger partial charge in [-0.2, -0.15) is 4.39 Å². The van der Waals surface area contributed by atoms with E-state index >= 15 is 0 Å². The summed E-state index contributed by atoms with van der Waals surface area (Å²) in [5.74, 6) is -3.62. The Morgan fingerprint density at radius 2 is 2.05 bits per heavy atom. The van der Waals surface area contributed by atoms with E-state index in [0.29, 0.717) is 0 Å². The van der Waals surface area contributed by atoms with Crippen molar-refractivity contribution in [3.8, 4) is 5.75 Å². The number of halogens is 2. The van der Waals surface area contributed by atoms with E-state index in [2.05, 4.69) is 4.98 Å². The number of hydrogen-bond acceptors (Lipinski definition) is 3. The summed E-state index contributed by atoms with van der Waals surface area (Å²) >= 11 is 0. The second-order valence-corrected chi connectivity index (χ2v) is 3.66. The van der Waals surface area contributed by atoms with Crippen molar-refractivity contribution >= 4 is 5.97 Å². The summed E-state index contributed by atoms with van der Waals surface area (Å²) in [6, 6.07) is 6.56. The monoisotopic (exact) mass is 265 g/mol. The smallest absolute Gasteiger partial charge is 0.354 e. The first-order valence-corrected chi connectivity index (χ1v) is 5.33. The SMILES string of the molecule is O=C(O)c1ncccc1COc1cccc(F)c1F. The van der Waals surface area contributed by atoms with Crippen LogP contribution in [-0.4, -0.2) is 16.1 Å². The summed E-state index contributed by atoms with van der Waals surface area (Å²) in [6.45, 7) is -0.212. The zero-order valence-electron chi connectivity index (χ0n) is 9.64. The van der Waals surface area contributed by atoms with Gasteiger partial charge in [0.15, 0.2) is 17.3 Å². The van der Waals surface area contributed by atoms with Crippen LogP contribution in [0.4, 0.5) is 8.78 Å². The van der Waals surface area contributed by atoms with Crippen LogP contribution in [0.2, 0.25) is 0 Å². The number of benzene rings is 1. The van der Waals surface area contributed by atoms with Crippen LogP contribution >= 0.6 is 0 Å². The van der Waals surface area contributed by atoms with Crippen LogP contribution in [0.1, 0.15) is 16.1 Å². The topological polar surface area (TPSA) is 59.4 Å². The second-order valence-electron chi connectivity index (χ2n) is 3.66. The van der Waals surface area contributed by atoms with E-state index in [4.69, 9.17) is 9.84 Å². The van der Waals surface area contributed by atoms with Gasteiger partial charge in [-0.05, 0) is 18.2 Å². The Morgan fingerprint density at radius 3 is 2.79 bits per heavy atom. The van der Waals surface area contributed by atoms with E-state index in [0.717, 1.165) is 6.07 Å². The van der Waals surface area contributed by atoms with Crippen molar-refractivity contribution in [1.29, 1.82) is 0 Å². The third kappa shape index (κ3) is 2.85. The fourth-order valence-electron chi connectivity index (χ4n) is 1.50. The number of aromatic nitrogens is 1. The summed E-state index contributed by atoms with van der Waals surface area (Å²) in [5.41, 5.74) is 0.0953. The van der Waals surface area contributed by atoms with Crippen LogP contribution in [0.15, 0.2) is 36.5 Å². The van der Waals surface area contributed by atoms with Crippen molar-refractivity contribution in [3.05, 3.63) is 59.4 Å². The minimum Gasteiger partial charge on any atom is -0.486 e. The third-order valence-corrected chi connectivity index (χ3v) is 2.39. The number of rotatable bonds is 4. The zero-order chi connectivity index (χ0) is 13.8. The lowest BCUT2D eigenvalue weighted by molar-refractivity contribution is 0.0687. The van der Waals surface area contributed by atoms with Gasteiger partial charge in [0, 0.05) is 11.8 Å². The fraction of sp³-hybridized carbons (Fsp3) is 0.0769. The minimum atomic E-state index is -1.21. The van der Waals surface area contributed by atoms with Gasteiger partial charge in [0.2, 0.25) is 5.82 Å². The van der Waals surface area contributed by atoms with Crippen molar-refractivity contribution in [1.82, 2.24) is 4.98 Å². The predicted molar refractivity (Wildman–Crippen MR) is 61.9 cm³/mol. The van der Waals surface area contributed by atoms with E-state index in [1.165, 1.54) is 30.5 Å². The maximum atomic E-state index is 13.3.